The number of hydrogen-bond acceptors (Lipinski definition) is 5. The van der Waals surface area contributed by atoms with Crippen molar-refractivity contribution in [1.82, 2.24) is 10.2 Å². The van der Waals surface area contributed by atoms with Crippen LogP contribution in [0, 0.1) is 5.41 Å². The van der Waals surface area contributed by atoms with E-state index in [0.717, 1.165) is 19.3 Å². The van der Waals surface area contributed by atoms with Crippen LogP contribution in [0.4, 0.5) is 4.79 Å². The minimum absolute atomic E-state index is 0.0263. The van der Waals surface area contributed by atoms with Crippen LogP contribution in [-0.2, 0) is 9.53 Å². The second-order valence-electron chi connectivity index (χ2n) is 8.01. The summed E-state index contributed by atoms with van der Waals surface area (Å²) in [5.41, 5.74) is -1.05. The van der Waals surface area contributed by atoms with Crippen LogP contribution < -0.4 is 5.32 Å². The first kappa shape index (κ1) is 18.0. The first-order valence-electron chi connectivity index (χ1n) is 8.14. The molecule has 0 aromatic heterocycles. The zero-order valence-electron chi connectivity index (χ0n) is 14.2. The number of nitrogens with zero attached hydrogens (tertiary/aromatic N) is 1. The van der Waals surface area contributed by atoms with Gasteiger partial charge in [0.15, 0.2) is 0 Å². The number of nitrogens with one attached hydrogen (secondary N) is 1. The molecule has 0 aromatic carbocycles. The van der Waals surface area contributed by atoms with E-state index in [2.05, 4.69) is 5.32 Å². The van der Waals surface area contributed by atoms with Gasteiger partial charge in [0.25, 0.3) is 0 Å². The molecule has 1 saturated carbocycles. The van der Waals surface area contributed by atoms with Gasteiger partial charge in [-0.15, -0.1) is 0 Å². The van der Waals surface area contributed by atoms with Gasteiger partial charge in [0, 0.05) is 26.2 Å². The van der Waals surface area contributed by atoms with Crippen molar-refractivity contribution in [2.45, 2.75) is 57.6 Å². The Kier molecular flexibility index (Phi) is 4.92. The molecule has 0 spiro atoms. The summed E-state index contributed by atoms with van der Waals surface area (Å²) in [4.78, 5) is 24.7. The number of hydrogen-bond donors (Lipinski definition) is 3. The number of amides is 1. The quantitative estimate of drug-likeness (QED) is 0.649. The first-order chi connectivity index (χ1) is 10.6. The van der Waals surface area contributed by atoms with Crippen LogP contribution in [0.1, 0.15) is 46.5 Å². The third-order valence-corrected chi connectivity index (χ3v) is 4.57. The van der Waals surface area contributed by atoms with Crippen molar-refractivity contribution in [2.75, 3.05) is 26.2 Å². The SMILES string of the molecule is CC(C)(C)OC(=O)N1CC(CC(=O)O)(NCC2(CCO)CC2)C1. The molecule has 1 heterocycles. The van der Waals surface area contributed by atoms with Crippen molar-refractivity contribution >= 4 is 12.1 Å². The minimum Gasteiger partial charge on any atom is -0.481 e. The Morgan fingerprint density at radius 1 is 1.26 bits per heavy atom. The summed E-state index contributed by atoms with van der Waals surface area (Å²) in [5.74, 6) is -0.881. The lowest BCUT2D eigenvalue weighted by molar-refractivity contribution is -0.141. The Morgan fingerprint density at radius 2 is 1.87 bits per heavy atom. The van der Waals surface area contributed by atoms with Crippen LogP contribution in [0.2, 0.25) is 0 Å². The van der Waals surface area contributed by atoms with Gasteiger partial charge in [-0.3, -0.25) is 4.79 Å². The highest BCUT2D eigenvalue weighted by molar-refractivity contribution is 5.73. The fraction of sp³-hybridized carbons (Fsp3) is 0.875. The maximum atomic E-state index is 12.0. The molecule has 7 heteroatoms. The lowest BCUT2D eigenvalue weighted by atomic mass is 9.85. The first-order valence-corrected chi connectivity index (χ1v) is 8.14. The highest BCUT2D eigenvalue weighted by Crippen LogP contribution is 2.48. The lowest BCUT2D eigenvalue weighted by Gasteiger charge is -2.50. The predicted octanol–water partition coefficient (Wildman–Crippen LogP) is 1.20. The maximum absolute atomic E-state index is 12.0. The van der Waals surface area contributed by atoms with E-state index in [1.165, 1.54) is 4.90 Å². The fourth-order valence-corrected chi connectivity index (χ4v) is 3.02. The van der Waals surface area contributed by atoms with Gasteiger partial charge < -0.3 is 25.2 Å². The summed E-state index contributed by atoms with van der Waals surface area (Å²) in [6.45, 7) is 6.92. The van der Waals surface area contributed by atoms with E-state index in [4.69, 9.17) is 14.9 Å². The number of aliphatic hydroxyl groups is 1. The number of rotatable bonds is 7. The number of ether oxygens (including phenoxy) is 1. The molecule has 0 unspecified atom stereocenters. The molecule has 3 N–H and O–H groups in total. The summed E-state index contributed by atoms with van der Waals surface area (Å²) in [5, 5.41) is 21.6. The molecule has 1 aliphatic carbocycles. The third kappa shape index (κ3) is 4.81. The normalized spacial score (nSPS) is 21.5. The molecule has 0 atom stereocenters. The number of carboxylic acids is 1. The Hall–Kier alpha value is -1.34. The van der Waals surface area contributed by atoms with Gasteiger partial charge >= 0.3 is 12.1 Å². The van der Waals surface area contributed by atoms with Crippen molar-refractivity contribution in [1.29, 1.82) is 0 Å². The highest BCUT2D eigenvalue weighted by atomic mass is 16.6. The van der Waals surface area contributed by atoms with Crippen LogP contribution in [-0.4, -0.2) is 64.6 Å². The zero-order valence-corrected chi connectivity index (χ0v) is 14.2. The molecule has 132 valence electrons. The molecule has 0 aromatic rings. The predicted molar refractivity (Wildman–Crippen MR) is 84.2 cm³/mol. The average molecular weight is 328 g/mol. The lowest BCUT2D eigenvalue weighted by Crippen LogP contribution is -2.71. The fourth-order valence-electron chi connectivity index (χ4n) is 3.02. The zero-order chi connectivity index (χ0) is 17.3. The van der Waals surface area contributed by atoms with Gasteiger partial charge in [0.2, 0.25) is 0 Å². The largest absolute Gasteiger partial charge is 0.481 e. The van der Waals surface area contributed by atoms with Gasteiger partial charge in [-0.25, -0.2) is 4.79 Å². The van der Waals surface area contributed by atoms with E-state index in [1.807, 2.05) is 0 Å². The van der Waals surface area contributed by atoms with Gasteiger partial charge in [-0.05, 0) is 45.4 Å². The number of aliphatic hydroxyl groups excluding tert-OH is 1. The van der Waals surface area contributed by atoms with Gasteiger partial charge in [0.1, 0.15) is 5.60 Å². The van der Waals surface area contributed by atoms with Gasteiger partial charge in [0.05, 0.1) is 12.0 Å². The van der Waals surface area contributed by atoms with Gasteiger partial charge in [-0.2, -0.15) is 0 Å². The summed E-state index contributed by atoms with van der Waals surface area (Å²) >= 11 is 0. The third-order valence-electron chi connectivity index (χ3n) is 4.57. The van der Waals surface area contributed by atoms with Crippen LogP contribution in [0.5, 0.6) is 0 Å². The van der Waals surface area contributed by atoms with Crippen LogP contribution >= 0.6 is 0 Å². The summed E-state index contributed by atoms with van der Waals surface area (Å²) in [6, 6.07) is 0. The van der Waals surface area contributed by atoms with Gasteiger partial charge in [-0.1, -0.05) is 0 Å². The van der Waals surface area contributed by atoms with Crippen molar-refractivity contribution < 1.29 is 24.5 Å². The standard InChI is InChI=1S/C16H28N2O5/c1-14(2,3)23-13(22)18-10-16(11-18,8-12(20)21)17-9-15(4-5-15)6-7-19/h17,19H,4-11H2,1-3H3,(H,20,21). The van der Waals surface area contributed by atoms with Crippen molar-refractivity contribution in [3.05, 3.63) is 0 Å². The molecule has 7 nitrogen and oxygen atoms in total. The van der Waals surface area contributed by atoms with E-state index >= 15 is 0 Å². The highest BCUT2D eigenvalue weighted by Gasteiger charge is 2.50. The number of carbonyl (C=O) groups is 2. The summed E-state index contributed by atoms with van der Waals surface area (Å²) < 4.78 is 5.31. The molecule has 0 bridgehead atoms. The molecule has 1 saturated heterocycles. The topological polar surface area (TPSA) is 99.1 Å². The van der Waals surface area contributed by atoms with Crippen LogP contribution in [0.3, 0.4) is 0 Å². The molecule has 1 aliphatic heterocycles. The van der Waals surface area contributed by atoms with E-state index < -0.39 is 23.2 Å². The number of carboxylic acid groups (broad SMARTS) is 1. The Morgan fingerprint density at radius 3 is 2.30 bits per heavy atom. The molecular formula is C16H28N2O5. The van der Waals surface area contributed by atoms with E-state index in [-0.39, 0.29) is 18.4 Å². The molecule has 23 heavy (non-hydrogen) atoms. The monoisotopic (exact) mass is 328 g/mol. The van der Waals surface area contributed by atoms with E-state index in [9.17, 15) is 9.59 Å². The maximum Gasteiger partial charge on any atom is 0.410 e. The van der Waals surface area contributed by atoms with E-state index in [1.54, 1.807) is 20.8 Å². The molecular weight excluding hydrogens is 300 g/mol. The molecule has 1 amide bonds. The second-order valence-corrected chi connectivity index (χ2v) is 8.01. The second kappa shape index (κ2) is 6.28. The molecule has 2 aliphatic rings. The smallest absolute Gasteiger partial charge is 0.410 e. The Bertz CT molecular complexity index is 462. The molecule has 2 fully saturated rings. The molecule has 2 rings (SSSR count). The van der Waals surface area contributed by atoms with Crippen molar-refractivity contribution in [2.24, 2.45) is 5.41 Å². The number of likely N-dealkylation sites (tertiary alicyclic amines) is 1. The minimum atomic E-state index is -0.881. The van der Waals surface area contributed by atoms with Crippen LogP contribution in [0.25, 0.3) is 0 Å². The van der Waals surface area contributed by atoms with Crippen molar-refractivity contribution in [3.8, 4) is 0 Å². The van der Waals surface area contributed by atoms with Crippen LogP contribution in [0.15, 0.2) is 0 Å². The molecule has 0 radical (unpaired) electrons. The number of aliphatic carboxylic acids is 1. The average Bonchev–Trinajstić information content (AvgIpc) is 3.10. The Balaban J connectivity index is 1.90. The van der Waals surface area contributed by atoms with Crippen molar-refractivity contribution in [3.63, 3.8) is 0 Å². The summed E-state index contributed by atoms with van der Waals surface area (Å²) in [6.07, 6.45) is 2.41. The Labute approximate surface area is 137 Å². The van der Waals surface area contributed by atoms with E-state index in [0.29, 0.717) is 19.6 Å². The number of carbonyl (C=O) groups excluding carboxylic acids is 1. The summed E-state index contributed by atoms with van der Waals surface area (Å²) in [7, 11) is 0.